The lowest BCUT2D eigenvalue weighted by Crippen LogP contribution is -1.86. The van der Waals surface area contributed by atoms with Crippen molar-refractivity contribution in [1.82, 2.24) is 4.98 Å². The Hall–Kier alpha value is -1.89. The van der Waals surface area contributed by atoms with E-state index in [1.807, 2.05) is 6.07 Å². The Morgan fingerprint density at radius 3 is 2.91 bits per heavy atom. The summed E-state index contributed by atoms with van der Waals surface area (Å²) in [7, 11) is 0. The average molecular weight is 147 g/mol. The van der Waals surface area contributed by atoms with Crippen LogP contribution in [-0.4, -0.2) is 16.4 Å². The average Bonchev–Trinajstić information content (AvgIpc) is 2.07. The van der Waals surface area contributed by atoms with Crippen LogP contribution in [0.4, 0.5) is 0 Å². The van der Waals surface area contributed by atoms with Crippen LogP contribution in [0.1, 0.15) is 11.3 Å². The first kappa shape index (κ1) is 7.22. The normalized spacial score (nSPS) is 9.73. The number of nitriles is 1. The van der Waals surface area contributed by atoms with E-state index in [1.165, 1.54) is 12.4 Å². The molecule has 0 atom stereocenters. The minimum absolute atomic E-state index is 0.486. The lowest BCUT2D eigenvalue weighted by atomic mass is 10.3. The van der Waals surface area contributed by atoms with Gasteiger partial charge in [-0.25, -0.2) is 0 Å². The number of pyridine rings is 1. The molecule has 11 heavy (non-hydrogen) atoms. The van der Waals surface area contributed by atoms with Crippen molar-refractivity contribution in [2.24, 2.45) is 5.16 Å². The van der Waals surface area contributed by atoms with Crippen molar-refractivity contribution < 1.29 is 5.21 Å². The Morgan fingerprint density at radius 2 is 2.45 bits per heavy atom. The molecule has 0 aromatic carbocycles. The minimum atomic E-state index is 0.486. The van der Waals surface area contributed by atoms with E-state index in [-0.39, 0.29) is 0 Å². The largest absolute Gasteiger partial charge is 0.411 e. The second-order valence-electron chi connectivity index (χ2n) is 1.83. The van der Waals surface area contributed by atoms with Crippen LogP contribution in [0.5, 0.6) is 0 Å². The van der Waals surface area contributed by atoms with Gasteiger partial charge in [-0.05, 0) is 12.1 Å². The Bertz CT molecular complexity index is 296. The lowest BCUT2D eigenvalue weighted by molar-refractivity contribution is 0.321. The topological polar surface area (TPSA) is 69.3 Å². The van der Waals surface area contributed by atoms with Gasteiger partial charge in [-0.2, -0.15) is 5.26 Å². The maximum absolute atomic E-state index is 8.39. The first-order valence-corrected chi connectivity index (χ1v) is 2.90. The number of hydrogen-bond acceptors (Lipinski definition) is 4. The first-order valence-electron chi connectivity index (χ1n) is 2.90. The third kappa shape index (κ3) is 1.76. The third-order valence-electron chi connectivity index (χ3n) is 1.11. The number of nitrogens with zero attached hydrogens (tertiary/aromatic N) is 3. The van der Waals surface area contributed by atoms with Gasteiger partial charge < -0.3 is 5.21 Å². The summed E-state index contributed by atoms with van der Waals surface area (Å²) >= 11 is 0. The predicted molar refractivity (Wildman–Crippen MR) is 38.3 cm³/mol. The molecule has 1 rings (SSSR count). The highest BCUT2D eigenvalue weighted by Gasteiger charge is 1.90. The maximum atomic E-state index is 8.39. The zero-order chi connectivity index (χ0) is 8.10. The second kappa shape index (κ2) is 3.32. The minimum Gasteiger partial charge on any atom is -0.411 e. The number of rotatable bonds is 1. The maximum Gasteiger partial charge on any atom is 0.101 e. The van der Waals surface area contributed by atoms with E-state index < -0.39 is 0 Å². The monoisotopic (exact) mass is 147 g/mol. The fourth-order valence-electron chi connectivity index (χ4n) is 0.607. The number of hydrogen-bond donors (Lipinski definition) is 1. The lowest BCUT2D eigenvalue weighted by Gasteiger charge is -1.88. The molecular weight excluding hydrogens is 142 g/mol. The molecule has 0 aliphatic carbocycles. The smallest absolute Gasteiger partial charge is 0.101 e. The molecular formula is C7H5N3O. The van der Waals surface area contributed by atoms with E-state index in [9.17, 15) is 0 Å². The van der Waals surface area contributed by atoms with Crippen LogP contribution in [0.25, 0.3) is 0 Å². The van der Waals surface area contributed by atoms with Crippen LogP contribution in [0.2, 0.25) is 0 Å². The molecule has 1 N–H and O–H groups in total. The van der Waals surface area contributed by atoms with Gasteiger partial charge in [0.25, 0.3) is 0 Å². The van der Waals surface area contributed by atoms with Crippen LogP contribution in [0, 0.1) is 11.3 Å². The van der Waals surface area contributed by atoms with Gasteiger partial charge in [0.05, 0.1) is 17.5 Å². The van der Waals surface area contributed by atoms with Crippen LogP contribution in [-0.2, 0) is 0 Å². The van der Waals surface area contributed by atoms with Crippen LogP contribution in [0.15, 0.2) is 23.5 Å². The molecule has 0 unspecified atom stereocenters. The second-order valence-corrected chi connectivity index (χ2v) is 1.83. The molecule has 54 valence electrons. The molecule has 0 fully saturated rings. The molecule has 0 saturated heterocycles. The van der Waals surface area contributed by atoms with Crippen LogP contribution < -0.4 is 0 Å². The molecule has 4 heteroatoms. The van der Waals surface area contributed by atoms with E-state index in [0.29, 0.717) is 11.3 Å². The molecule has 0 aliphatic heterocycles. The van der Waals surface area contributed by atoms with Crippen LogP contribution >= 0.6 is 0 Å². The van der Waals surface area contributed by atoms with E-state index in [4.69, 9.17) is 10.5 Å². The molecule has 0 spiro atoms. The Balaban J connectivity index is 2.94. The molecule has 0 radical (unpaired) electrons. The fraction of sp³-hybridized carbons (Fsp3) is 0. The van der Waals surface area contributed by atoms with E-state index in [2.05, 4.69) is 10.1 Å². The molecule has 0 amide bonds. The Morgan fingerprint density at radius 1 is 1.64 bits per heavy atom. The summed E-state index contributed by atoms with van der Waals surface area (Å²) in [6, 6.07) is 5.12. The predicted octanol–water partition coefficient (Wildman–Crippen LogP) is 0.761. The van der Waals surface area contributed by atoms with Gasteiger partial charge in [-0.15, -0.1) is 0 Å². The molecule has 0 aliphatic rings. The molecule has 0 bridgehead atoms. The summed E-state index contributed by atoms with van der Waals surface area (Å²) in [4.78, 5) is 3.81. The van der Waals surface area contributed by atoms with E-state index in [1.54, 1.807) is 12.1 Å². The van der Waals surface area contributed by atoms with Crippen molar-refractivity contribution >= 4 is 6.21 Å². The molecule has 1 aromatic heterocycles. The van der Waals surface area contributed by atoms with Crippen molar-refractivity contribution in [3.05, 3.63) is 29.6 Å². The van der Waals surface area contributed by atoms with Gasteiger partial charge in [-0.1, -0.05) is 5.16 Å². The Kier molecular flexibility index (Phi) is 2.18. The van der Waals surface area contributed by atoms with Crippen molar-refractivity contribution in [2.75, 3.05) is 0 Å². The summed E-state index contributed by atoms with van der Waals surface area (Å²) in [5, 5.41) is 19.3. The van der Waals surface area contributed by atoms with E-state index in [0.717, 1.165) is 0 Å². The fourth-order valence-corrected chi connectivity index (χ4v) is 0.607. The summed E-state index contributed by atoms with van der Waals surface area (Å²) in [6.45, 7) is 0. The van der Waals surface area contributed by atoms with Crippen molar-refractivity contribution in [3.63, 3.8) is 0 Å². The van der Waals surface area contributed by atoms with Gasteiger partial charge in [0.1, 0.15) is 6.07 Å². The van der Waals surface area contributed by atoms with Crippen molar-refractivity contribution in [2.45, 2.75) is 0 Å². The molecule has 4 nitrogen and oxygen atoms in total. The highest BCUT2D eigenvalue weighted by molar-refractivity contribution is 5.76. The van der Waals surface area contributed by atoms with Crippen molar-refractivity contribution in [3.8, 4) is 6.07 Å². The number of aromatic nitrogens is 1. The van der Waals surface area contributed by atoms with Gasteiger partial charge in [0, 0.05) is 6.20 Å². The summed E-state index contributed by atoms with van der Waals surface area (Å²) in [6.07, 6.45) is 2.61. The van der Waals surface area contributed by atoms with Gasteiger partial charge >= 0.3 is 0 Å². The zero-order valence-corrected chi connectivity index (χ0v) is 5.60. The quantitative estimate of drug-likeness (QED) is 0.362. The molecule has 1 heterocycles. The van der Waals surface area contributed by atoms with E-state index >= 15 is 0 Å². The van der Waals surface area contributed by atoms with Gasteiger partial charge in [0.15, 0.2) is 0 Å². The van der Waals surface area contributed by atoms with Gasteiger partial charge in [0.2, 0.25) is 0 Å². The first-order chi connectivity index (χ1) is 5.36. The van der Waals surface area contributed by atoms with Gasteiger partial charge in [-0.3, -0.25) is 4.98 Å². The van der Waals surface area contributed by atoms with Crippen molar-refractivity contribution in [1.29, 1.82) is 5.26 Å². The molecule has 0 saturated carbocycles. The Labute approximate surface area is 63.4 Å². The molecule has 1 aromatic rings. The van der Waals surface area contributed by atoms with Crippen LogP contribution in [0.3, 0.4) is 0 Å². The highest BCUT2D eigenvalue weighted by Crippen LogP contribution is 1.95. The highest BCUT2D eigenvalue weighted by atomic mass is 16.4. The zero-order valence-electron chi connectivity index (χ0n) is 5.60. The summed E-state index contributed by atoms with van der Waals surface area (Å²) in [5.41, 5.74) is 1.01. The number of oxime groups is 1. The standard InChI is InChI=1S/C7H5N3O/c8-3-6-1-2-7(5-10-11)9-4-6/h1-2,4-5,11H/b10-5+. The summed E-state index contributed by atoms with van der Waals surface area (Å²) < 4.78 is 0. The third-order valence-corrected chi connectivity index (χ3v) is 1.11. The SMILES string of the molecule is N#Cc1ccc(/C=N/O)nc1. The summed E-state index contributed by atoms with van der Waals surface area (Å²) in [5.74, 6) is 0.